The van der Waals surface area contributed by atoms with Crippen LogP contribution in [0, 0.1) is 0 Å². The van der Waals surface area contributed by atoms with Crippen LogP contribution in [0.3, 0.4) is 0 Å². The van der Waals surface area contributed by atoms with Crippen LogP contribution in [-0.2, 0) is 28.6 Å². The lowest BCUT2D eigenvalue weighted by Gasteiger charge is -2.34. The number of hydrogen-bond acceptors (Lipinski definition) is 7. The van der Waals surface area contributed by atoms with Crippen molar-refractivity contribution in [2.75, 3.05) is 41.0 Å². The molecule has 0 heterocycles. The lowest BCUT2D eigenvalue weighted by molar-refractivity contribution is -0.889. The van der Waals surface area contributed by atoms with Crippen LogP contribution in [0.25, 0.3) is 0 Å². The molecule has 0 saturated carbocycles. The number of carbonyl (C=O) groups excluding carboxylic acids is 3. The fourth-order valence-electron chi connectivity index (χ4n) is 5.70. The molecule has 0 N–H and O–H groups in total. The number of carboxylic acids is 1. The van der Waals surface area contributed by atoms with E-state index in [1.54, 1.807) is 21.1 Å². The average Bonchev–Trinajstić information content (AvgIpc) is 3.18. The van der Waals surface area contributed by atoms with Crippen molar-refractivity contribution < 1.29 is 38.2 Å². The first-order chi connectivity index (χ1) is 28.1. The number of esters is 2. The minimum absolute atomic E-state index is 0.00464. The zero-order chi connectivity index (χ0) is 42.8. The summed E-state index contributed by atoms with van der Waals surface area (Å²) < 4.78 is 17.0. The van der Waals surface area contributed by atoms with E-state index in [4.69, 9.17) is 14.2 Å². The summed E-state index contributed by atoms with van der Waals surface area (Å²) in [7, 11) is 5.36. The maximum absolute atomic E-state index is 12.7. The maximum Gasteiger partial charge on any atom is 0.306 e. The molecule has 58 heavy (non-hydrogen) atoms. The van der Waals surface area contributed by atoms with Crippen molar-refractivity contribution in [2.45, 2.75) is 161 Å². The van der Waals surface area contributed by atoms with Gasteiger partial charge in [-0.25, -0.2) is 0 Å². The Morgan fingerprint density at radius 2 is 0.897 bits per heavy atom. The molecule has 0 aromatic rings. The summed E-state index contributed by atoms with van der Waals surface area (Å²) in [5.74, 6) is -1.90. The zero-order valence-electron chi connectivity index (χ0n) is 37.2. The molecule has 0 saturated heterocycles. The second-order valence-corrected chi connectivity index (χ2v) is 15.6. The number of carbonyl (C=O) groups is 3. The Labute approximate surface area is 354 Å². The first-order valence-electron chi connectivity index (χ1n) is 22.3. The van der Waals surface area contributed by atoms with Crippen LogP contribution < -0.4 is 5.11 Å². The quantitative estimate of drug-likeness (QED) is 0.0265. The number of ether oxygens (including phenoxy) is 3. The SMILES string of the molecule is CCCCC/C=C/C/C=C/C/C=C/C/C=C/CCCC(=O)OCC(COCCC(C(=O)[O-])[N+](C)(C)C)OC(=O)CCC/C=C/C/C=C/C/C=C/C/C=C/CCCCC. The van der Waals surface area contributed by atoms with Gasteiger partial charge in [0.15, 0.2) is 6.10 Å². The van der Waals surface area contributed by atoms with E-state index < -0.39 is 18.1 Å². The van der Waals surface area contributed by atoms with Crippen molar-refractivity contribution in [1.29, 1.82) is 0 Å². The molecule has 0 fully saturated rings. The molecule has 8 heteroatoms. The van der Waals surface area contributed by atoms with Crippen LogP contribution in [0.1, 0.15) is 149 Å². The van der Waals surface area contributed by atoms with Crippen molar-refractivity contribution in [2.24, 2.45) is 0 Å². The second-order valence-electron chi connectivity index (χ2n) is 15.6. The van der Waals surface area contributed by atoms with E-state index in [1.807, 2.05) is 0 Å². The summed E-state index contributed by atoms with van der Waals surface area (Å²) in [4.78, 5) is 36.8. The Hall–Kier alpha value is -3.75. The Bertz CT molecular complexity index is 1260. The van der Waals surface area contributed by atoms with Gasteiger partial charge in [-0.05, 0) is 89.9 Å². The number of unbranched alkanes of at least 4 members (excludes halogenated alkanes) is 8. The minimum atomic E-state index is -1.15. The van der Waals surface area contributed by atoms with Crippen LogP contribution in [-0.4, -0.2) is 75.5 Å². The molecule has 8 nitrogen and oxygen atoms in total. The number of carboxylic acid groups (broad SMARTS) is 1. The molecule has 0 aromatic carbocycles. The number of rotatable bonds is 38. The fraction of sp³-hybridized carbons (Fsp3) is 0.620. The smallest absolute Gasteiger partial charge is 0.306 e. The highest BCUT2D eigenvalue weighted by atomic mass is 16.6. The van der Waals surface area contributed by atoms with Gasteiger partial charge in [0.2, 0.25) is 0 Å². The summed E-state index contributed by atoms with van der Waals surface area (Å²) in [6, 6.07) is -0.749. The molecule has 328 valence electrons. The van der Waals surface area contributed by atoms with Gasteiger partial charge >= 0.3 is 11.9 Å². The predicted octanol–water partition coefficient (Wildman–Crippen LogP) is 11.0. The van der Waals surface area contributed by atoms with Crippen LogP contribution in [0.5, 0.6) is 0 Å². The van der Waals surface area contributed by atoms with Gasteiger partial charge in [0.25, 0.3) is 0 Å². The molecule has 0 bridgehead atoms. The normalized spacial score (nSPS) is 13.9. The zero-order valence-corrected chi connectivity index (χ0v) is 37.2. The van der Waals surface area contributed by atoms with Crippen LogP contribution in [0.15, 0.2) is 97.2 Å². The van der Waals surface area contributed by atoms with Gasteiger partial charge < -0.3 is 28.6 Å². The molecule has 0 aliphatic heterocycles. The van der Waals surface area contributed by atoms with E-state index in [1.165, 1.54) is 51.4 Å². The predicted molar refractivity (Wildman–Crippen MR) is 240 cm³/mol. The largest absolute Gasteiger partial charge is 0.544 e. The first kappa shape index (κ1) is 54.2. The van der Waals surface area contributed by atoms with Crippen molar-refractivity contribution in [3.8, 4) is 0 Å². The van der Waals surface area contributed by atoms with Crippen LogP contribution >= 0.6 is 0 Å². The molecular formula is C50H81NO7. The molecule has 0 amide bonds. The summed E-state index contributed by atoms with van der Waals surface area (Å²) in [5, 5.41) is 11.6. The van der Waals surface area contributed by atoms with Crippen molar-refractivity contribution in [3.63, 3.8) is 0 Å². The lowest BCUT2D eigenvalue weighted by atomic mass is 10.1. The summed E-state index contributed by atoms with van der Waals surface area (Å²) in [6.45, 7) is 4.46. The van der Waals surface area contributed by atoms with Gasteiger partial charge in [-0.2, -0.15) is 0 Å². The Morgan fingerprint density at radius 1 is 0.517 bits per heavy atom. The number of nitrogens with zero attached hydrogens (tertiary/aromatic N) is 1. The molecule has 2 atom stereocenters. The molecule has 0 aromatic heterocycles. The molecule has 2 unspecified atom stereocenters. The van der Waals surface area contributed by atoms with Crippen molar-refractivity contribution in [3.05, 3.63) is 97.2 Å². The molecule has 0 rings (SSSR count). The van der Waals surface area contributed by atoms with E-state index in [-0.39, 0.29) is 55.5 Å². The highest BCUT2D eigenvalue weighted by Gasteiger charge is 2.25. The Balaban J connectivity index is 4.56. The van der Waals surface area contributed by atoms with Gasteiger partial charge in [0, 0.05) is 19.3 Å². The van der Waals surface area contributed by atoms with Crippen molar-refractivity contribution in [1.82, 2.24) is 0 Å². The lowest BCUT2D eigenvalue weighted by Crippen LogP contribution is -2.55. The minimum Gasteiger partial charge on any atom is -0.544 e. The highest BCUT2D eigenvalue weighted by molar-refractivity contribution is 5.70. The number of quaternary nitrogens is 1. The highest BCUT2D eigenvalue weighted by Crippen LogP contribution is 2.10. The summed E-state index contributed by atoms with van der Waals surface area (Å²) >= 11 is 0. The maximum atomic E-state index is 12.7. The Kier molecular flexibility index (Phi) is 37.5. The molecule has 0 spiro atoms. The van der Waals surface area contributed by atoms with E-state index in [9.17, 15) is 19.5 Å². The molecule has 0 aliphatic carbocycles. The summed E-state index contributed by atoms with van der Waals surface area (Å²) in [6.07, 6.45) is 53.0. The van der Waals surface area contributed by atoms with Gasteiger partial charge in [0.05, 0.1) is 40.3 Å². The number of allylic oxidation sites excluding steroid dienone is 16. The number of hydrogen-bond donors (Lipinski definition) is 0. The summed E-state index contributed by atoms with van der Waals surface area (Å²) in [5.41, 5.74) is 0. The van der Waals surface area contributed by atoms with Gasteiger partial charge in [0.1, 0.15) is 12.6 Å². The van der Waals surface area contributed by atoms with Crippen LogP contribution in [0.4, 0.5) is 0 Å². The topological polar surface area (TPSA) is 102 Å². The number of likely N-dealkylation sites (N-methyl/N-ethyl adjacent to an activating group) is 1. The number of aliphatic carboxylic acids is 1. The standard InChI is InChI=1S/C50H81NO7/c1-6-8-10-12-14-16-18-20-22-24-26-28-30-32-34-36-38-40-48(52)57-45-46(44-56-43-42-47(50(54)55)51(3,4)5)58-49(53)41-39-37-35-33-31-29-27-25-23-21-19-17-15-13-11-9-7-2/h14-17,20-23,26-29,32-35,46-47H,6-13,18-19,24-25,30-31,36-45H2,1-5H3/b16-14+,17-15+,22-20+,23-21+,28-26+,29-27+,34-32+,35-33+. The third-order valence-corrected chi connectivity index (χ3v) is 9.19. The van der Waals surface area contributed by atoms with E-state index in [2.05, 4.69) is 111 Å². The van der Waals surface area contributed by atoms with Crippen molar-refractivity contribution >= 4 is 17.9 Å². The van der Waals surface area contributed by atoms with Gasteiger partial charge in [-0.3, -0.25) is 9.59 Å². The molecule has 0 radical (unpaired) electrons. The second kappa shape index (κ2) is 40.0. The first-order valence-corrected chi connectivity index (χ1v) is 22.3. The van der Waals surface area contributed by atoms with Crippen LogP contribution in [0.2, 0.25) is 0 Å². The molecule has 0 aliphatic rings. The van der Waals surface area contributed by atoms with E-state index in [0.29, 0.717) is 12.8 Å². The van der Waals surface area contributed by atoms with E-state index >= 15 is 0 Å². The third kappa shape index (κ3) is 37.8. The van der Waals surface area contributed by atoms with Gasteiger partial charge in [-0.15, -0.1) is 0 Å². The Morgan fingerprint density at radius 3 is 1.28 bits per heavy atom. The fourth-order valence-corrected chi connectivity index (χ4v) is 5.70. The molecular weight excluding hydrogens is 727 g/mol. The third-order valence-electron chi connectivity index (χ3n) is 9.19. The average molecular weight is 808 g/mol. The van der Waals surface area contributed by atoms with Gasteiger partial charge in [-0.1, -0.05) is 137 Å². The van der Waals surface area contributed by atoms with E-state index in [0.717, 1.165) is 51.4 Å². The monoisotopic (exact) mass is 808 g/mol.